The van der Waals surface area contributed by atoms with Gasteiger partial charge in [-0.3, -0.25) is 0 Å². The number of hydrogen-bond acceptors (Lipinski definition) is 4. The molecule has 1 rings (SSSR count). The summed E-state index contributed by atoms with van der Waals surface area (Å²) in [6, 6.07) is 0.955. The summed E-state index contributed by atoms with van der Waals surface area (Å²) in [5.74, 6) is 0. The molecule has 0 aromatic rings. The minimum atomic E-state index is -1.84. The van der Waals surface area contributed by atoms with Gasteiger partial charge >= 0.3 is 0 Å². The van der Waals surface area contributed by atoms with E-state index in [-0.39, 0.29) is 23.0 Å². The van der Waals surface area contributed by atoms with E-state index in [1.54, 1.807) is 6.26 Å². The van der Waals surface area contributed by atoms with E-state index in [4.69, 9.17) is 9.16 Å². The first-order valence-electron chi connectivity index (χ1n) is 8.17. The van der Waals surface area contributed by atoms with E-state index in [0.717, 1.165) is 18.9 Å². The van der Waals surface area contributed by atoms with Crippen molar-refractivity contribution in [1.29, 1.82) is 0 Å². The van der Waals surface area contributed by atoms with Gasteiger partial charge in [0.25, 0.3) is 0 Å². The smallest absolute Gasteiger partial charge is 0.188 e. The van der Waals surface area contributed by atoms with Gasteiger partial charge < -0.3 is 13.7 Å². The average molecular weight is 348 g/mol. The van der Waals surface area contributed by atoms with Crippen LogP contribution in [-0.2, 0) is 20.5 Å². The monoisotopic (exact) mass is 347 g/mol. The summed E-state index contributed by atoms with van der Waals surface area (Å²) >= 11 is -1.10. The number of rotatable bonds is 7. The molecule has 1 heterocycles. The molecule has 0 aromatic carbocycles. The zero-order chi connectivity index (χ0) is 17.0. The lowest BCUT2D eigenvalue weighted by atomic mass is 10.1. The van der Waals surface area contributed by atoms with E-state index in [1.807, 2.05) is 26.8 Å². The van der Waals surface area contributed by atoms with Gasteiger partial charge in [0.2, 0.25) is 0 Å². The fraction of sp³-hybridized carbons (Fsp3) is 0.875. The van der Waals surface area contributed by atoms with Crippen LogP contribution in [0.4, 0.5) is 0 Å². The Hall–Kier alpha value is -0.0131. The minimum absolute atomic E-state index is 0.0606. The highest BCUT2D eigenvalue weighted by Crippen LogP contribution is 2.25. The highest BCUT2D eigenvalue weighted by Gasteiger charge is 2.38. The maximum Gasteiger partial charge on any atom is 0.188 e. The predicted octanol–water partition coefficient (Wildman–Crippen LogP) is 3.73. The molecular weight excluding hydrogens is 314 g/mol. The van der Waals surface area contributed by atoms with Crippen LogP contribution in [0.2, 0.25) is 19.1 Å². The molecule has 0 radical (unpaired) electrons. The fourth-order valence-electron chi connectivity index (χ4n) is 2.63. The molecule has 1 aliphatic rings. The Morgan fingerprint density at radius 1 is 1.41 bits per heavy atom. The summed E-state index contributed by atoms with van der Waals surface area (Å²) < 4.78 is 27.5. The third-order valence-electron chi connectivity index (χ3n) is 3.50. The molecule has 0 aliphatic carbocycles. The normalized spacial score (nSPS) is 22.5. The Labute approximate surface area is 140 Å². The molecule has 1 N–H and O–H groups in total. The van der Waals surface area contributed by atoms with Crippen molar-refractivity contribution in [3.05, 3.63) is 12.3 Å². The molecular formula is C16H33NO3SSi. The molecule has 1 aliphatic heterocycles. The first kappa shape index (κ1) is 20.0. The molecule has 0 aromatic heterocycles. The van der Waals surface area contributed by atoms with Crippen LogP contribution in [0.15, 0.2) is 12.3 Å². The molecule has 130 valence electrons. The largest absolute Gasteiger partial charge is 0.598 e. The van der Waals surface area contributed by atoms with Gasteiger partial charge in [-0.05, 0) is 72.7 Å². The lowest BCUT2D eigenvalue weighted by Crippen LogP contribution is -2.53. The van der Waals surface area contributed by atoms with Crippen molar-refractivity contribution in [3.63, 3.8) is 0 Å². The van der Waals surface area contributed by atoms with E-state index in [1.165, 1.54) is 0 Å². The van der Waals surface area contributed by atoms with Gasteiger partial charge in [-0.25, -0.2) is 0 Å². The SMILES string of the molecule is CC(C)O[Si](C)(C)CC(N[S+]([O-])C(C)(C)C)[C@@H]1CCC=CO1. The second-order valence-corrected chi connectivity index (χ2v) is 14.0. The zero-order valence-electron chi connectivity index (χ0n) is 15.1. The second-order valence-electron chi connectivity index (χ2n) is 7.86. The summed E-state index contributed by atoms with van der Waals surface area (Å²) in [7, 11) is -1.84. The molecule has 22 heavy (non-hydrogen) atoms. The first-order valence-corrected chi connectivity index (χ1v) is 12.4. The summed E-state index contributed by atoms with van der Waals surface area (Å²) in [4.78, 5) is 0. The third-order valence-corrected chi connectivity index (χ3v) is 7.66. The molecule has 0 bridgehead atoms. The van der Waals surface area contributed by atoms with E-state index in [2.05, 4.69) is 31.7 Å². The number of nitrogens with one attached hydrogen (secondary N) is 1. The first-order chi connectivity index (χ1) is 10.0. The highest BCUT2D eigenvalue weighted by atomic mass is 32.2. The van der Waals surface area contributed by atoms with Crippen LogP contribution in [-0.4, -0.2) is 35.9 Å². The van der Waals surface area contributed by atoms with Crippen LogP contribution in [0.5, 0.6) is 0 Å². The molecule has 6 heteroatoms. The molecule has 0 fully saturated rings. The third kappa shape index (κ3) is 7.04. The Bertz CT molecular complexity index is 369. The molecule has 0 saturated heterocycles. The summed E-state index contributed by atoms with van der Waals surface area (Å²) in [5.41, 5.74) is 0. The van der Waals surface area contributed by atoms with Crippen LogP contribution in [0.1, 0.15) is 47.5 Å². The van der Waals surface area contributed by atoms with Gasteiger partial charge in [0.1, 0.15) is 10.9 Å². The van der Waals surface area contributed by atoms with Gasteiger partial charge in [-0.1, -0.05) is 0 Å². The summed E-state index contributed by atoms with van der Waals surface area (Å²) in [5, 5.41) is 0. The van der Waals surface area contributed by atoms with Crippen molar-refractivity contribution >= 4 is 19.7 Å². The van der Waals surface area contributed by atoms with Crippen LogP contribution in [0.3, 0.4) is 0 Å². The van der Waals surface area contributed by atoms with E-state index in [9.17, 15) is 4.55 Å². The molecule has 3 atom stereocenters. The van der Waals surface area contributed by atoms with Gasteiger partial charge in [0.15, 0.2) is 8.32 Å². The Morgan fingerprint density at radius 3 is 2.50 bits per heavy atom. The molecule has 2 unspecified atom stereocenters. The van der Waals surface area contributed by atoms with Gasteiger partial charge in [0.05, 0.1) is 12.3 Å². The van der Waals surface area contributed by atoms with Crippen molar-refractivity contribution < 1.29 is 13.7 Å². The fourth-order valence-corrected chi connectivity index (χ4v) is 6.44. The van der Waals surface area contributed by atoms with Gasteiger partial charge in [-0.2, -0.15) is 0 Å². The molecule has 0 amide bonds. The average Bonchev–Trinajstić information content (AvgIpc) is 2.35. The lowest BCUT2D eigenvalue weighted by Gasteiger charge is -2.36. The van der Waals surface area contributed by atoms with E-state index in [0.29, 0.717) is 0 Å². The maximum absolute atomic E-state index is 12.5. The summed E-state index contributed by atoms with van der Waals surface area (Å²) in [6.45, 7) is 14.6. The second kappa shape index (κ2) is 8.19. The predicted molar refractivity (Wildman–Crippen MR) is 96.6 cm³/mol. The van der Waals surface area contributed by atoms with Crippen LogP contribution in [0, 0.1) is 0 Å². The number of ether oxygens (including phenoxy) is 1. The quantitative estimate of drug-likeness (QED) is 0.563. The molecule has 0 spiro atoms. The topological polar surface area (TPSA) is 53.5 Å². The summed E-state index contributed by atoms with van der Waals surface area (Å²) in [6.07, 6.45) is 6.09. The van der Waals surface area contributed by atoms with E-state index >= 15 is 0 Å². The van der Waals surface area contributed by atoms with Crippen LogP contribution < -0.4 is 4.72 Å². The van der Waals surface area contributed by atoms with Crippen molar-refractivity contribution in [2.75, 3.05) is 0 Å². The molecule has 4 nitrogen and oxygen atoms in total. The molecule has 0 saturated carbocycles. The van der Waals surface area contributed by atoms with Crippen molar-refractivity contribution in [2.24, 2.45) is 0 Å². The van der Waals surface area contributed by atoms with Gasteiger partial charge in [0, 0.05) is 17.5 Å². The van der Waals surface area contributed by atoms with Gasteiger partial charge in [-0.15, -0.1) is 4.72 Å². The van der Waals surface area contributed by atoms with Crippen molar-refractivity contribution in [1.82, 2.24) is 4.72 Å². The van der Waals surface area contributed by atoms with Crippen molar-refractivity contribution in [2.45, 2.75) is 89.6 Å². The number of hydrogen-bond donors (Lipinski definition) is 1. The van der Waals surface area contributed by atoms with E-state index < -0.39 is 19.7 Å². The maximum atomic E-state index is 12.5. The Kier molecular flexibility index (Phi) is 7.46. The highest BCUT2D eigenvalue weighted by molar-refractivity contribution is 7.90. The Morgan fingerprint density at radius 2 is 2.05 bits per heavy atom. The number of allylic oxidation sites excluding steroid dienone is 1. The Balaban J connectivity index is 2.79. The minimum Gasteiger partial charge on any atom is -0.598 e. The van der Waals surface area contributed by atoms with Crippen molar-refractivity contribution in [3.8, 4) is 0 Å². The standard InChI is InChI=1S/C16H33NO3SSi/c1-13(2)20-22(6,7)12-14(15-10-8-9-11-19-15)17-21(18)16(3,4)5/h9,11,13-15,17H,8,10,12H2,1-7H3/t14?,15-,21?/m0/s1. The lowest BCUT2D eigenvalue weighted by molar-refractivity contribution is 0.0961. The zero-order valence-corrected chi connectivity index (χ0v) is 17.0. The van der Waals surface area contributed by atoms with Crippen LogP contribution >= 0.6 is 0 Å². The van der Waals surface area contributed by atoms with Crippen LogP contribution in [0.25, 0.3) is 0 Å².